The zero-order valence-corrected chi connectivity index (χ0v) is 16.3. The number of furan rings is 1. The molecular weight excluding hydrogens is 346 g/mol. The van der Waals surface area contributed by atoms with E-state index in [4.69, 9.17) is 18.6 Å². The topological polar surface area (TPSA) is 77.3 Å². The molecule has 7 heteroatoms. The molecule has 0 saturated heterocycles. The number of anilines is 1. The van der Waals surface area contributed by atoms with E-state index in [1.807, 2.05) is 44.2 Å². The average molecular weight is 375 g/mol. The molecule has 2 aromatic rings. The van der Waals surface area contributed by atoms with Crippen LogP contribution in [0.15, 0.2) is 46.0 Å². The highest BCUT2D eigenvalue weighted by molar-refractivity contribution is 5.93. The Hall–Kier alpha value is -2.67. The number of nitrogens with one attached hydrogen (secondary N) is 2. The zero-order chi connectivity index (χ0) is 19.3. The van der Waals surface area contributed by atoms with Gasteiger partial charge in [0.1, 0.15) is 12.4 Å². The molecule has 1 aromatic heterocycles. The third kappa shape index (κ3) is 7.22. The van der Waals surface area contributed by atoms with Crippen LogP contribution in [0, 0.1) is 0 Å². The minimum atomic E-state index is 0.487. The van der Waals surface area contributed by atoms with Crippen LogP contribution in [0.3, 0.4) is 0 Å². The fraction of sp³-hybridized carbons (Fsp3) is 0.450. The van der Waals surface area contributed by atoms with Gasteiger partial charge in [0.05, 0.1) is 20.0 Å². The first-order valence-corrected chi connectivity index (χ1v) is 9.23. The number of rotatable bonds is 11. The summed E-state index contributed by atoms with van der Waals surface area (Å²) in [5.41, 5.74) is 0.882. The van der Waals surface area contributed by atoms with E-state index in [-0.39, 0.29) is 0 Å². The van der Waals surface area contributed by atoms with E-state index < -0.39 is 0 Å². The van der Waals surface area contributed by atoms with Crippen LogP contribution >= 0.6 is 0 Å². The lowest BCUT2D eigenvalue weighted by atomic mass is 10.2. The summed E-state index contributed by atoms with van der Waals surface area (Å²) >= 11 is 0. The summed E-state index contributed by atoms with van der Waals surface area (Å²) in [6.45, 7) is 7.09. The van der Waals surface area contributed by atoms with Crippen molar-refractivity contribution in [2.24, 2.45) is 4.99 Å². The third-order valence-corrected chi connectivity index (χ3v) is 3.61. The zero-order valence-electron chi connectivity index (χ0n) is 16.3. The van der Waals surface area contributed by atoms with Gasteiger partial charge in [-0.2, -0.15) is 0 Å². The largest absolute Gasteiger partial charge is 0.493 e. The molecule has 2 rings (SSSR count). The first-order valence-electron chi connectivity index (χ1n) is 9.23. The van der Waals surface area contributed by atoms with Crippen molar-refractivity contribution >= 4 is 11.6 Å². The molecule has 2 N–H and O–H groups in total. The first kappa shape index (κ1) is 20.6. The first-order chi connectivity index (χ1) is 13.3. The predicted molar refractivity (Wildman–Crippen MR) is 107 cm³/mol. The molecule has 0 saturated carbocycles. The molecule has 27 heavy (non-hydrogen) atoms. The Morgan fingerprint density at radius 3 is 2.78 bits per heavy atom. The van der Waals surface area contributed by atoms with Crippen molar-refractivity contribution in [3.63, 3.8) is 0 Å². The highest BCUT2D eigenvalue weighted by Gasteiger charge is 2.07. The predicted octanol–water partition coefficient (Wildman–Crippen LogP) is 3.67. The van der Waals surface area contributed by atoms with Crippen molar-refractivity contribution in [3.8, 4) is 11.5 Å². The van der Waals surface area contributed by atoms with Gasteiger partial charge in [0, 0.05) is 31.5 Å². The van der Waals surface area contributed by atoms with Gasteiger partial charge in [0.25, 0.3) is 0 Å². The quantitative estimate of drug-likeness (QED) is 0.354. The number of hydrogen-bond donors (Lipinski definition) is 2. The van der Waals surface area contributed by atoms with Crippen LogP contribution in [0.5, 0.6) is 11.5 Å². The lowest BCUT2D eigenvalue weighted by Gasteiger charge is -2.14. The average Bonchev–Trinajstić information content (AvgIpc) is 3.18. The Labute approximate surface area is 160 Å². The summed E-state index contributed by atoms with van der Waals surface area (Å²) < 4.78 is 21.7. The molecule has 0 radical (unpaired) electrons. The Balaban J connectivity index is 1.84. The molecule has 0 unspecified atom stereocenters. The summed E-state index contributed by atoms with van der Waals surface area (Å²) in [5, 5.41) is 6.53. The fourth-order valence-electron chi connectivity index (χ4n) is 2.39. The maximum Gasteiger partial charge on any atom is 0.195 e. The fourth-order valence-corrected chi connectivity index (χ4v) is 2.39. The second kappa shape index (κ2) is 11.9. The van der Waals surface area contributed by atoms with E-state index >= 15 is 0 Å². The molecule has 0 bridgehead atoms. The van der Waals surface area contributed by atoms with Crippen LogP contribution in [0.2, 0.25) is 0 Å². The van der Waals surface area contributed by atoms with E-state index in [1.54, 1.807) is 13.4 Å². The van der Waals surface area contributed by atoms with E-state index in [9.17, 15) is 0 Å². The maximum atomic E-state index is 5.62. The van der Waals surface area contributed by atoms with Crippen LogP contribution in [-0.4, -0.2) is 39.4 Å². The van der Waals surface area contributed by atoms with E-state index in [1.165, 1.54) is 0 Å². The molecule has 0 atom stereocenters. The van der Waals surface area contributed by atoms with Crippen molar-refractivity contribution in [3.05, 3.63) is 42.4 Å². The normalized spacial score (nSPS) is 11.3. The summed E-state index contributed by atoms with van der Waals surface area (Å²) in [7, 11) is 1.63. The molecule has 0 aliphatic carbocycles. The summed E-state index contributed by atoms with van der Waals surface area (Å²) in [6, 6.07) is 9.46. The van der Waals surface area contributed by atoms with Crippen molar-refractivity contribution in [2.45, 2.75) is 26.9 Å². The summed E-state index contributed by atoms with van der Waals surface area (Å²) in [6.07, 6.45) is 2.47. The number of hydrogen-bond acceptors (Lipinski definition) is 5. The lowest BCUT2D eigenvalue weighted by molar-refractivity contribution is 0.105. The number of aliphatic imine (C=N–C) groups is 1. The van der Waals surface area contributed by atoms with Crippen molar-refractivity contribution in [1.29, 1.82) is 0 Å². The molecule has 0 aliphatic heterocycles. The smallest absolute Gasteiger partial charge is 0.195 e. The SMILES string of the molecule is CCNC(=NCCCOCc1ccco1)Nc1ccc(OC)c(OCC)c1. The van der Waals surface area contributed by atoms with Crippen LogP contribution in [0.1, 0.15) is 26.0 Å². The molecule has 0 spiro atoms. The van der Waals surface area contributed by atoms with Gasteiger partial charge in [-0.1, -0.05) is 0 Å². The number of nitrogens with zero attached hydrogens (tertiary/aromatic N) is 1. The second-order valence-corrected chi connectivity index (χ2v) is 5.67. The van der Waals surface area contributed by atoms with Crippen molar-refractivity contribution < 1.29 is 18.6 Å². The van der Waals surface area contributed by atoms with Gasteiger partial charge in [-0.25, -0.2) is 0 Å². The molecule has 1 aromatic carbocycles. The highest BCUT2D eigenvalue weighted by atomic mass is 16.5. The van der Waals surface area contributed by atoms with Gasteiger partial charge >= 0.3 is 0 Å². The van der Waals surface area contributed by atoms with E-state index in [2.05, 4.69) is 15.6 Å². The minimum Gasteiger partial charge on any atom is -0.493 e. The van der Waals surface area contributed by atoms with Gasteiger partial charge in [-0.15, -0.1) is 0 Å². The number of guanidine groups is 1. The molecule has 7 nitrogen and oxygen atoms in total. The molecule has 0 aliphatic rings. The van der Waals surface area contributed by atoms with Gasteiger partial charge < -0.3 is 29.3 Å². The molecule has 1 heterocycles. The standard InChI is InChI=1S/C20H29N3O4/c1-4-21-20(22-11-7-12-25-15-17-8-6-13-27-17)23-16-9-10-18(24-3)19(14-16)26-5-2/h6,8-10,13-14H,4-5,7,11-12,15H2,1-3H3,(H2,21,22,23). The molecule has 0 fully saturated rings. The Morgan fingerprint density at radius 1 is 1.19 bits per heavy atom. The molecule has 0 amide bonds. The summed E-state index contributed by atoms with van der Waals surface area (Å²) in [5.74, 6) is 2.96. The van der Waals surface area contributed by atoms with Gasteiger partial charge in [-0.05, 0) is 44.5 Å². The second-order valence-electron chi connectivity index (χ2n) is 5.67. The number of ether oxygens (including phenoxy) is 3. The summed E-state index contributed by atoms with van der Waals surface area (Å²) in [4.78, 5) is 4.58. The van der Waals surface area contributed by atoms with Crippen LogP contribution in [0.4, 0.5) is 5.69 Å². The monoisotopic (exact) mass is 375 g/mol. The Bertz CT molecular complexity index is 687. The van der Waals surface area contributed by atoms with E-state index in [0.717, 1.165) is 30.4 Å². The van der Waals surface area contributed by atoms with Crippen molar-refractivity contribution in [2.75, 3.05) is 38.7 Å². The Kier molecular flexibility index (Phi) is 9.06. The maximum absolute atomic E-state index is 5.62. The lowest BCUT2D eigenvalue weighted by Crippen LogP contribution is -2.30. The molecule has 148 valence electrons. The molecular formula is C20H29N3O4. The number of benzene rings is 1. The third-order valence-electron chi connectivity index (χ3n) is 3.61. The minimum absolute atomic E-state index is 0.487. The van der Waals surface area contributed by atoms with Gasteiger partial charge in [0.2, 0.25) is 0 Å². The Morgan fingerprint density at radius 2 is 2.07 bits per heavy atom. The van der Waals surface area contributed by atoms with Crippen LogP contribution < -0.4 is 20.1 Å². The van der Waals surface area contributed by atoms with Gasteiger partial charge in [-0.3, -0.25) is 4.99 Å². The number of methoxy groups -OCH3 is 1. The van der Waals surface area contributed by atoms with Crippen LogP contribution in [-0.2, 0) is 11.3 Å². The van der Waals surface area contributed by atoms with E-state index in [0.29, 0.717) is 37.9 Å². The van der Waals surface area contributed by atoms with Gasteiger partial charge in [0.15, 0.2) is 17.5 Å². The highest BCUT2D eigenvalue weighted by Crippen LogP contribution is 2.30. The van der Waals surface area contributed by atoms with Crippen LogP contribution in [0.25, 0.3) is 0 Å². The van der Waals surface area contributed by atoms with Crippen molar-refractivity contribution in [1.82, 2.24) is 5.32 Å².